The number of hydrogen-bond donors (Lipinski definition) is 1. The number of imide groups is 1. The predicted molar refractivity (Wildman–Crippen MR) is 76.3 cm³/mol. The van der Waals surface area contributed by atoms with Crippen LogP contribution < -0.4 is 4.90 Å². The first-order chi connectivity index (χ1) is 10.0. The number of benzene rings is 1. The Balaban J connectivity index is 2.10. The van der Waals surface area contributed by atoms with Crippen molar-refractivity contribution in [3.8, 4) is 0 Å². The lowest BCUT2D eigenvalue weighted by atomic mass is 9.85. The molecule has 2 atom stereocenters. The van der Waals surface area contributed by atoms with Gasteiger partial charge < -0.3 is 5.11 Å². The van der Waals surface area contributed by atoms with E-state index in [1.165, 1.54) is 18.2 Å². The fourth-order valence-corrected chi connectivity index (χ4v) is 3.20. The molecule has 0 radical (unpaired) electrons. The number of carboxylic acid groups (broad SMARTS) is 1. The Morgan fingerprint density at radius 1 is 1.14 bits per heavy atom. The van der Waals surface area contributed by atoms with E-state index < -0.39 is 17.8 Å². The molecular weight excluding hydrogens is 294 g/mol. The van der Waals surface area contributed by atoms with Crippen LogP contribution in [-0.4, -0.2) is 22.9 Å². The minimum atomic E-state index is -1.26. The van der Waals surface area contributed by atoms with E-state index in [-0.39, 0.29) is 28.1 Å². The van der Waals surface area contributed by atoms with E-state index in [9.17, 15) is 19.5 Å². The summed E-state index contributed by atoms with van der Waals surface area (Å²) in [5.41, 5.74) is -0.160. The maximum absolute atomic E-state index is 12.5. The highest BCUT2D eigenvalue weighted by Crippen LogP contribution is 2.39. The number of rotatable bonds is 2. The molecule has 1 aromatic carbocycles. The standard InChI is InChI=1S/C15H12ClNO4/c16-10-6-3-7-11(12(10)15(20)21)17-13(18)8-4-1-2-5-9(8)14(17)19/h1-3,6-9H,4-5H2,(H,20,21). The minimum absolute atomic E-state index is 0.00796. The van der Waals surface area contributed by atoms with Crippen LogP contribution in [0.2, 0.25) is 5.02 Å². The van der Waals surface area contributed by atoms with Crippen molar-refractivity contribution in [2.45, 2.75) is 12.8 Å². The SMILES string of the molecule is O=C(O)c1c(Cl)cccc1N1C(=O)C2CC=CCC2C1=O. The molecule has 1 saturated heterocycles. The van der Waals surface area contributed by atoms with E-state index >= 15 is 0 Å². The second-order valence-electron chi connectivity index (χ2n) is 5.11. The van der Waals surface area contributed by atoms with Crippen molar-refractivity contribution in [2.75, 3.05) is 4.90 Å². The Hall–Kier alpha value is -2.14. The van der Waals surface area contributed by atoms with E-state index in [1.807, 2.05) is 12.2 Å². The van der Waals surface area contributed by atoms with Crippen LogP contribution in [0, 0.1) is 11.8 Å². The number of halogens is 1. The van der Waals surface area contributed by atoms with E-state index in [4.69, 9.17) is 11.6 Å². The van der Waals surface area contributed by atoms with Crippen LogP contribution in [-0.2, 0) is 9.59 Å². The molecular formula is C15H12ClNO4. The third kappa shape index (κ3) is 2.05. The Kier molecular flexibility index (Phi) is 3.29. The van der Waals surface area contributed by atoms with E-state index in [0.717, 1.165) is 4.90 Å². The average Bonchev–Trinajstić information content (AvgIpc) is 2.71. The van der Waals surface area contributed by atoms with E-state index in [0.29, 0.717) is 12.8 Å². The summed E-state index contributed by atoms with van der Waals surface area (Å²) in [5, 5.41) is 9.30. The summed E-state index contributed by atoms with van der Waals surface area (Å²) in [5.74, 6) is -2.76. The predicted octanol–water partition coefficient (Wildman–Crippen LogP) is 2.49. The maximum Gasteiger partial charge on any atom is 0.339 e. The van der Waals surface area contributed by atoms with Crippen molar-refractivity contribution in [3.63, 3.8) is 0 Å². The summed E-state index contributed by atoms with van der Waals surface area (Å²) >= 11 is 5.91. The van der Waals surface area contributed by atoms with Gasteiger partial charge in [-0.05, 0) is 25.0 Å². The molecule has 108 valence electrons. The Labute approximate surface area is 125 Å². The Morgan fingerprint density at radius 2 is 1.71 bits per heavy atom. The van der Waals surface area contributed by atoms with Gasteiger partial charge in [0.05, 0.1) is 22.5 Å². The molecule has 0 saturated carbocycles. The maximum atomic E-state index is 12.5. The van der Waals surface area contributed by atoms with Gasteiger partial charge in [0.2, 0.25) is 11.8 Å². The average molecular weight is 306 g/mol. The molecule has 1 fully saturated rings. The van der Waals surface area contributed by atoms with Gasteiger partial charge in [-0.2, -0.15) is 0 Å². The number of anilines is 1. The molecule has 21 heavy (non-hydrogen) atoms. The molecule has 2 amide bonds. The normalized spacial score (nSPS) is 24.3. The zero-order chi connectivity index (χ0) is 15.1. The number of fused-ring (bicyclic) bond motifs is 1. The van der Waals surface area contributed by atoms with Gasteiger partial charge in [0.25, 0.3) is 0 Å². The molecule has 1 aliphatic carbocycles. The molecule has 2 aliphatic rings. The molecule has 0 aromatic heterocycles. The minimum Gasteiger partial charge on any atom is -0.478 e. The van der Waals surface area contributed by atoms with Crippen LogP contribution in [0.25, 0.3) is 0 Å². The summed E-state index contributed by atoms with van der Waals surface area (Å²) in [4.78, 5) is 37.3. The number of carboxylic acids is 1. The quantitative estimate of drug-likeness (QED) is 0.673. The first-order valence-electron chi connectivity index (χ1n) is 6.57. The number of aromatic carboxylic acids is 1. The number of nitrogens with zero attached hydrogens (tertiary/aromatic N) is 1. The molecule has 0 bridgehead atoms. The highest BCUT2D eigenvalue weighted by Gasteiger charge is 2.48. The van der Waals surface area contributed by atoms with Gasteiger partial charge in [-0.15, -0.1) is 0 Å². The van der Waals surface area contributed by atoms with Gasteiger partial charge >= 0.3 is 5.97 Å². The molecule has 0 spiro atoms. The summed E-state index contributed by atoms with van der Waals surface area (Å²) in [6, 6.07) is 4.40. The van der Waals surface area contributed by atoms with E-state index in [1.54, 1.807) is 0 Å². The first-order valence-corrected chi connectivity index (χ1v) is 6.94. The van der Waals surface area contributed by atoms with Gasteiger partial charge in [0.15, 0.2) is 0 Å². The van der Waals surface area contributed by atoms with Crippen molar-refractivity contribution in [3.05, 3.63) is 40.9 Å². The second-order valence-corrected chi connectivity index (χ2v) is 5.51. The number of hydrogen-bond acceptors (Lipinski definition) is 3. The van der Waals surface area contributed by atoms with Crippen LogP contribution >= 0.6 is 11.6 Å². The lowest BCUT2D eigenvalue weighted by Crippen LogP contribution is -2.32. The second kappa shape index (κ2) is 5.00. The highest BCUT2D eigenvalue weighted by atomic mass is 35.5. The molecule has 1 aromatic rings. The number of carbonyl (C=O) groups is 3. The van der Waals surface area contributed by atoms with Crippen LogP contribution in [0.1, 0.15) is 23.2 Å². The van der Waals surface area contributed by atoms with Crippen molar-refractivity contribution >= 4 is 35.1 Å². The molecule has 6 heteroatoms. The number of amides is 2. The summed E-state index contributed by atoms with van der Waals surface area (Å²) < 4.78 is 0. The van der Waals surface area contributed by atoms with Gasteiger partial charge in [0, 0.05) is 0 Å². The third-order valence-electron chi connectivity index (χ3n) is 3.95. The fourth-order valence-electron chi connectivity index (χ4n) is 2.95. The third-order valence-corrected chi connectivity index (χ3v) is 4.27. The van der Waals surface area contributed by atoms with Gasteiger partial charge in [0.1, 0.15) is 5.56 Å². The van der Waals surface area contributed by atoms with Gasteiger partial charge in [-0.25, -0.2) is 9.69 Å². The van der Waals surface area contributed by atoms with Crippen molar-refractivity contribution in [1.29, 1.82) is 0 Å². The van der Waals surface area contributed by atoms with Crippen molar-refractivity contribution in [2.24, 2.45) is 11.8 Å². The highest BCUT2D eigenvalue weighted by molar-refractivity contribution is 6.35. The fraction of sp³-hybridized carbons (Fsp3) is 0.267. The largest absolute Gasteiger partial charge is 0.478 e. The Bertz CT molecular complexity index is 656. The number of allylic oxidation sites excluding steroid dienone is 2. The zero-order valence-electron chi connectivity index (χ0n) is 11.0. The zero-order valence-corrected chi connectivity index (χ0v) is 11.7. The van der Waals surface area contributed by atoms with Crippen LogP contribution in [0.4, 0.5) is 5.69 Å². The van der Waals surface area contributed by atoms with Gasteiger partial charge in [-0.1, -0.05) is 29.8 Å². The summed E-state index contributed by atoms with van der Waals surface area (Å²) in [6.45, 7) is 0. The molecule has 3 rings (SSSR count). The number of carbonyl (C=O) groups excluding carboxylic acids is 2. The van der Waals surface area contributed by atoms with Gasteiger partial charge in [-0.3, -0.25) is 9.59 Å². The molecule has 5 nitrogen and oxygen atoms in total. The lowest BCUT2D eigenvalue weighted by molar-refractivity contribution is -0.122. The van der Waals surface area contributed by atoms with Crippen LogP contribution in [0.5, 0.6) is 0 Å². The van der Waals surface area contributed by atoms with E-state index in [2.05, 4.69) is 0 Å². The van der Waals surface area contributed by atoms with Crippen molar-refractivity contribution < 1.29 is 19.5 Å². The Morgan fingerprint density at radius 3 is 2.24 bits per heavy atom. The lowest BCUT2D eigenvalue weighted by Gasteiger charge is -2.17. The summed E-state index contributed by atoms with van der Waals surface area (Å²) in [6.07, 6.45) is 4.78. The van der Waals surface area contributed by atoms with Crippen molar-refractivity contribution in [1.82, 2.24) is 0 Å². The molecule has 1 N–H and O–H groups in total. The molecule has 2 unspecified atom stereocenters. The van der Waals surface area contributed by atoms with Crippen LogP contribution in [0.3, 0.4) is 0 Å². The van der Waals surface area contributed by atoms with Crippen LogP contribution in [0.15, 0.2) is 30.4 Å². The topological polar surface area (TPSA) is 74.7 Å². The smallest absolute Gasteiger partial charge is 0.339 e. The first kappa shape index (κ1) is 13.8. The monoisotopic (exact) mass is 305 g/mol. The molecule has 1 heterocycles. The molecule has 1 aliphatic heterocycles. The summed E-state index contributed by atoms with van der Waals surface area (Å²) in [7, 11) is 0.